The number of carbonyl (C=O) groups excluding carboxylic acids is 1. The van der Waals surface area contributed by atoms with E-state index in [0.29, 0.717) is 30.3 Å². The number of aryl methyl sites for hydroxylation is 1. The van der Waals surface area contributed by atoms with Gasteiger partial charge in [0.05, 0.1) is 10.9 Å². The van der Waals surface area contributed by atoms with Gasteiger partial charge in [0.2, 0.25) is 15.9 Å². The fourth-order valence-electron chi connectivity index (χ4n) is 3.65. The average Bonchev–Trinajstić information content (AvgIpc) is 2.63. The molecule has 2 atom stereocenters. The quantitative estimate of drug-likeness (QED) is 0.770. The first kappa shape index (κ1) is 21.9. The zero-order valence-electron chi connectivity index (χ0n) is 17.2. The summed E-state index contributed by atoms with van der Waals surface area (Å²) in [5.41, 5.74) is 1.20. The maximum Gasteiger partial charge on any atom is 0.243 e. The molecule has 0 bridgehead atoms. The van der Waals surface area contributed by atoms with Crippen LogP contribution in [-0.2, 0) is 14.8 Å². The van der Waals surface area contributed by atoms with Crippen LogP contribution in [0.2, 0.25) is 0 Å². The number of sulfonamides is 1. The maximum absolute atomic E-state index is 12.9. The van der Waals surface area contributed by atoms with Crippen LogP contribution in [0, 0.1) is 12.8 Å². The van der Waals surface area contributed by atoms with Crippen LogP contribution < -0.4 is 5.32 Å². The lowest BCUT2D eigenvalue weighted by Gasteiger charge is -2.34. The smallest absolute Gasteiger partial charge is 0.243 e. The number of likely N-dealkylation sites (tertiary alicyclic amines) is 1. The van der Waals surface area contributed by atoms with Crippen LogP contribution in [0.25, 0.3) is 0 Å². The van der Waals surface area contributed by atoms with Crippen molar-refractivity contribution in [3.8, 4) is 0 Å². The number of carbonyl (C=O) groups is 1. The van der Waals surface area contributed by atoms with Gasteiger partial charge in [-0.1, -0.05) is 26.8 Å². The van der Waals surface area contributed by atoms with Gasteiger partial charge in [-0.15, -0.1) is 0 Å². The summed E-state index contributed by atoms with van der Waals surface area (Å²) in [7, 11) is -3.57. The highest BCUT2D eigenvalue weighted by atomic mass is 32.2. The van der Waals surface area contributed by atoms with Crippen molar-refractivity contribution >= 4 is 21.6 Å². The maximum atomic E-state index is 12.9. The van der Waals surface area contributed by atoms with Crippen molar-refractivity contribution in [2.45, 2.75) is 58.4 Å². The number of amides is 1. The molecule has 7 heteroatoms. The molecule has 1 N–H and O–H groups in total. The molecular formula is C20H33N3O3S. The highest BCUT2D eigenvalue weighted by molar-refractivity contribution is 7.89. The van der Waals surface area contributed by atoms with Gasteiger partial charge >= 0.3 is 0 Å². The second kappa shape index (κ2) is 9.17. The van der Waals surface area contributed by atoms with Crippen molar-refractivity contribution in [3.63, 3.8) is 0 Å². The average molecular weight is 396 g/mol. The lowest BCUT2D eigenvalue weighted by atomic mass is 9.99. The Morgan fingerprint density at radius 1 is 1.33 bits per heavy atom. The second-order valence-electron chi connectivity index (χ2n) is 7.48. The minimum atomic E-state index is -3.57. The first-order valence-corrected chi connectivity index (χ1v) is 11.3. The molecule has 0 aliphatic carbocycles. The van der Waals surface area contributed by atoms with Crippen LogP contribution in [0.5, 0.6) is 0 Å². The summed E-state index contributed by atoms with van der Waals surface area (Å²) < 4.78 is 27.2. The Bertz CT molecular complexity index is 760. The highest BCUT2D eigenvalue weighted by Crippen LogP contribution is 2.24. The molecule has 1 amide bonds. The second-order valence-corrected chi connectivity index (χ2v) is 9.38. The minimum absolute atomic E-state index is 0.0980. The van der Waals surface area contributed by atoms with Crippen molar-refractivity contribution in [1.82, 2.24) is 9.21 Å². The van der Waals surface area contributed by atoms with Gasteiger partial charge < -0.3 is 5.32 Å². The van der Waals surface area contributed by atoms with Gasteiger partial charge in [-0.25, -0.2) is 8.42 Å². The third-order valence-corrected chi connectivity index (χ3v) is 7.59. The van der Waals surface area contributed by atoms with E-state index in [2.05, 4.69) is 17.1 Å². The molecule has 1 aromatic rings. The predicted molar refractivity (Wildman–Crippen MR) is 109 cm³/mol. The first-order valence-electron chi connectivity index (χ1n) is 9.86. The van der Waals surface area contributed by atoms with Gasteiger partial charge in [0.25, 0.3) is 0 Å². The van der Waals surface area contributed by atoms with Gasteiger partial charge in [-0.05, 0) is 56.8 Å². The summed E-state index contributed by atoms with van der Waals surface area (Å²) in [6.07, 6.45) is 2.31. The molecule has 6 nitrogen and oxygen atoms in total. The van der Waals surface area contributed by atoms with E-state index in [4.69, 9.17) is 0 Å². The minimum Gasteiger partial charge on any atom is -0.325 e. The summed E-state index contributed by atoms with van der Waals surface area (Å²) in [5.74, 6) is 0.498. The zero-order chi connectivity index (χ0) is 20.2. The van der Waals surface area contributed by atoms with E-state index in [1.165, 1.54) is 10.7 Å². The lowest BCUT2D eigenvalue weighted by Crippen LogP contribution is -2.46. The van der Waals surface area contributed by atoms with Gasteiger partial charge in [0, 0.05) is 25.3 Å². The predicted octanol–water partition coefficient (Wildman–Crippen LogP) is 3.08. The fraction of sp³-hybridized carbons (Fsp3) is 0.650. The number of piperidine rings is 1. The topological polar surface area (TPSA) is 69.7 Å². The van der Waals surface area contributed by atoms with E-state index < -0.39 is 10.0 Å². The zero-order valence-corrected chi connectivity index (χ0v) is 18.0. The van der Waals surface area contributed by atoms with Crippen molar-refractivity contribution in [2.24, 2.45) is 5.92 Å². The molecule has 1 aromatic carbocycles. The van der Waals surface area contributed by atoms with E-state index >= 15 is 0 Å². The summed E-state index contributed by atoms with van der Waals surface area (Å²) in [6, 6.07) is 4.85. The first-order chi connectivity index (χ1) is 12.7. The third kappa shape index (κ3) is 5.09. The van der Waals surface area contributed by atoms with Crippen LogP contribution in [0.3, 0.4) is 0 Å². The summed E-state index contributed by atoms with van der Waals surface area (Å²) in [4.78, 5) is 15.2. The van der Waals surface area contributed by atoms with Crippen LogP contribution in [0.1, 0.15) is 46.1 Å². The van der Waals surface area contributed by atoms with Crippen LogP contribution >= 0.6 is 0 Å². The third-order valence-electron chi connectivity index (χ3n) is 5.39. The van der Waals surface area contributed by atoms with Crippen molar-refractivity contribution < 1.29 is 13.2 Å². The summed E-state index contributed by atoms with van der Waals surface area (Å²) in [6.45, 7) is 12.2. The lowest BCUT2D eigenvalue weighted by molar-refractivity contribution is -0.121. The summed E-state index contributed by atoms with van der Waals surface area (Å²) >= 11 is 0. The van der Waals surface area contributed by atoms with E-state index in [-0.39, 0.29) is 16.8 Å². The Morgan fingerprint density at radius 2 is 2.00 bits per heavy atom. The molecule has 27 heavy (non-hydrogen) atoms. The molecule has 1 saturated heterocycles. The van der Waals surface area contributed by atoms with Gasteiger partial charge in [-0.3, -0.25) is 9.69 Å². The standard InChI is InChI=1S/C20H33N3O3S/c1-6-23(7-2)27(25,26)19-13-18(11-10-16(19)4)21-20(24)17(5)22-12-8-9-15(3)14-22/h10-11,13,15,17H,6-9,12,14H2,1-5H3,(H,21,24). The molecule has 0 aromatic heterocycles. The van der Waals surface area contributed by atoms with Crippen molar-refractivity contribution in [3.05, 3.63) is 23.8 Å². The fourth-order valence-corrected chi connectivity index (χ4v) is 5.36. The van der Waals surface area contributed by atoms with Crippen LogP contribution in [-0.4, -0.2) is 55.8 Å². The monoisotopic (exact) mass is 395 g/mol. The van der Waals surface area contributed by atoms with E-state index in [1.807, 2.05) is 20.8 Å². The van der Waals surface area contributed by atoms with Crippen molar-refractivity contribution in [1.29, 1.82) is 0 Å². The molecule has 2 rings (SSSR count). The Morgan fingerprint density at radius 3 is 2.59 bits per heavy atom. The summed E-state index contributed by atoms with van der Waals surface area (Å²) in [5, 5.41) is 2.90. The molecular weight excluding hydrogens is 362 g/mol. The van der Waals surface area contributed by atoms with Gasteiger partial charge in [0.15, 0.2) is 0 Å². The number of hydrogen-bond donors (Lipinski definition) is 1. The van der Waals surface area contributed by atoms with Crippen molar-refractivity contribution in [2.75, 3.05) is 31.5 Å². The highest BCUT2D eigenvalue weighted by Gasteiger charge is 2.27. The normalized spacial score (nSPS) is 19.9. The van der Waals surface area contributed by atoms with Gasteiger partial charge in [0.1, 0.15) is 0 Å². The van der Waals surface area contributed by atoms with E-state index in [1.54, 1.807) is 25.1 Å². The number of nitrogens with zero attached hydrogens (tertiary/aromatic N) is 2. The number of benzene rings is 1. The number of anilines is 1. The van der Waals surface area contributed by atoms with Gasteiger partial charge in [-0.2, -0.15) is 4.31 Å². The molecule has 1 fully saturated rings. The largest absolute Gasteiger partial charge is 0.325 e. The molecule has 1 aliphatic rings. The Kier molecular flexibility index (Phi) is 7.42. The molecule has 1 aliphatic heterocycles. The number of rotatable bonds is 7. The van der Waals surface area contributed by atoms with E-state index in [0.717, 1.165) is 19.5 Å². The van der Waals surface area contributed by atoms with Crippen LogP contribution in [0.15, 0.2) is 23.1 Å². The number of nitrogens with one attached hydrogen (secondary N) is 1. The molecule has 1 heterocycles. The number of hydrogen-bond acceptors (Lipinski definition) is 4. The molecule has 0 radical (unpaired) electrons. The Balaban J connectivity index is 2.19. The van der Waals surface area contributed by atoms with Crippen LogP contribution in [0.4, 0.5) is 5.69 Å². The molecule has 0 saturated carbocycles. The molecule has 152 valence electrons. The van der Waals surface area contributed by atoms with E-state index in [9.17, 15) is 13.2 Å². The SMILES string of the molecule is CCN(CC)S(=O)(=O)c1cc(NC(=O)C(C)N2CCCC(C)C2)ccc1C. The molecule has 0 spiro atoms. The molecule has 2 unspecified atom stereocenters. The Hall–Kier alpha value is -1.44. The Labute approximate surface area is 164 Å².